The first-order valence-corrected chi connectivity index (χ1v) is 7.91. The topological polar surface area (TPSA) is 46.6 Å². The van der Waals surface area contributed by atoms with Gasteiger partial charge in [0.2, 0.25) is 0 Å². The number of unbranched alkanes of at least 4 members (excludes halogenated alkanes) is 1. The molecule has 0 heterocycles. The summed E-state index contributed by atoms with van der Waals surface area (Å²) in [7, 11) is 1.65. The highest BCUT2D eigenvalue weighted by Gasteiger charge is 2.19. The van der Waals surface area contributed by atoms with Gasteiger partial charge in [-0.25, -0.2) is 9.18 Å². The van der Waals surface area contributed by atoms with E-state index in [2.05, 4.69) is 0 Å². The Hall–Kier alpha value is -1.62. The first-order chi connectivity index (χ1) is 10.6. The van der Waals surface area contributed by atoms with E-state index >= 15 is 0 Å². The minimum Gasteiger partial charge on any atom is -0.444 e. The van der Waals surface area contributed by atoms with Crippen LogP contribution in [0.1, 0.15) is 50.4 Å². The molecule has 0 unspecified atom stereocenters. The van der Waals surface area contributed by atoms with Crippen LogP contribution in [-0.4, -0.2) is 36.0 Å². The zero-order valence-corrected chi connectivity index (χ0v) is 14.7. The van der Waals surface area contributed by atoms with E-state index in [1.807, 2.05) is 0 Å². The molecule has 1 rings (SSSR count). The average molecular weight is 344 g/mol. The van der Waals surface area contributed by atoms with Crippen molar-refractivity contribution in [2.75, 3.05) is 13.6 Å². The quantitative estimate of drug-likeness (QED) is 0.555. The second-order valence-corrected chi connectivity index (χ2v) is 6.79. The zero-order valence-electron chi connectivity index (χ0n) is 14.0. The maximum Gasteiger partial charge on any atom is 0.410 e. The highest BCUT2D eigenvalue weighted by molar-refractivity contribution is 6.31. The van der Waals surface area contributed by atoms with Crippen molar-refractivity contribution in [2.45, 2.75) is 45.6 Å². The fourth-order valence-corrected chi connectivity index (χ4v) is 2.09. The summed E-state index contributed by atoms with van der Waals surface area (Å²) >= 11 is 5.66. The molecule has 0 N–H and O–H groups in total. The molecule has 0 spiro atoms. The minimum atomic E-state index is -0.676. The molecular formula is C17H23ClFNO3. The number of Topliss-reactive ketones (excluding diaryl/α,β-unsaturated/α-hetero) is 1. The number of carbonyl (C=O) groups excluding carboxylic acids is 2. The van der Waals surface area contributed by atoms with Gasteiger partial charge in [0.25, 0.3) is 0 Å². The fraction of sp³-hybridized carbons (Fsp3) is 0.529. The molecule has 0 saturated carbocycles. The number of benzene rings is 1. The van der Waals surface area contributed by atoms with E-state index in [0.29, 0.717) is 19.4 Å². The summed E-state index contributed by atoms with van der Waals surface area (Å²) in [5, 5.41) is -0.0551. The van der Waals surface area contributed by atoms with Crippen LogP contribution in [0.5, 0.6) is 0 Å². The Bertz CT molecular complexity index is 569. The zero-order chi connectivity index (χ0) is 17.6. The van der Waals surface area contributed by atoms with E-state index in [1.165, 1.54) is 17.0 Å². The summed E-state index contributed by atoms with van der Waals surface area (Å²) < 4.78 is 19.0. The molecule has 0 fully saturated rings. The standard InChI is InChI=1S/C17H23ClFNO3/c1-17(2,3)23-16(22)20(4)11-6-5-10-14(21)12-8-7-9-13(18)15(12)19/h7-9H,5-6,10-11H2,1-4H3. The van der Waals surface area contributed by atoms with Gasteiger partial charge >= 0.3 is 6.09 Å². The molecule has 0 aliphatic rings. The lowest BCUT2D eigenvalue weighted by Crippen LogP contribution is -2.34. The normalized spacial score (nSPS) is 11.2. The van der Waals surface area contributed by atoms with Gasteiger partial charge in [0, 0.05) is 20.0 Å². The van der Waals surface area contributed by atoms with E-state index in [0.717, 1.165) is 0 Å². The Morgan fingerprint density at radius 1 is 1.26 bits per heavy atom. The van der Waals surface area contributed by atoms with Crippen LogP contribution in [0.25, 0.3) is 0 Å². The molecule has 1 aromatic rings. The molecule has 1 amide bonds. The average Bonchev–Trinajstić information content (AvgIpc) is 2.44. The summed E-state index contributed by atoms with van der Waals surface area (Å²) in [4.78, 5) is 25.2. The molecule has 0 bridgehead atoms. The van der Waals surface area contributed by atoms with Gasteiger partial charge in [0.15, 0.2) is 11.6 Å². The predicted molar refractivity (Wildman–Crippen MR) is 88.5 cm³/mol. The molecular weight excluding hydrogens is 321 g/mol. The number of ketones is 1. The van der Waals surface area contributed by atoms with Crippen LogP contribution in [0.15, 0.2) is 18.2 Å². The van der Waals surface area contributed by atoms with Crippen LogP contribution >= 0.6 is 11.6 Å². The molecule has 0 aliphatic carbocycles. The lowest BCUT2D eigenvalue weighted by molar-refractivity contribution is 0.0296. The lowest BCUT2D eigenvalue weighted by Gasteiger charge is -2.24. The van der Waals surface area contributed by atoms with Crippen LogP contribution in [-0.2, 0) is 4.74 Å². The van der Waals surface area contributed by atoms with Gasteiger partial charge in [-0.15, -0.1) is 0 Å². The second-order valence-electron chi connectivity index (χ2n) is 6.38. The highest BCUT2D eigenvalue weighted by atomic mass is 35.5. The Kier molecular flexibility index (Phi) is 7.01. The molecule has 0 atom stereocenters. The summed E-state index contributed by atoms with van der Waals surface area (Å²) in [6.07, 6.45) is 0.991. The highest BCUT2D eigenvalue weighted by Crippen LogP contribution is 2.19. The van der Waals surface area contributed by atoms with Crippen LogP contribution in [0.4, 0.5) is 9.18 Å². The van der Waals surface area contributed by atoms with Crippen molar-refractivity contribution in [2.24, 2.45) is 0 Å². The summed E-state index contributed by atoms with van der Waals surface area (Å²) in [5.41, 5.74) is -0.524. The second kappa shape index (κ2) is 8.29. The maximum absolute atomic E-state index is 13.7. The minimum absolute atomic E-state index is 0.0120. The number of carbonyl (C=O) groups is 2. The molecule has 6 heteroatoms. The number of hydrogen-bond donors (Lipinski definition) is 0. The molecule has 0 radical (unpaired) electrons. The summed E-state index contributed by atoms with van der Waals surface area (Å²) in [5.74, 6) is -0.963. The molecule has 1 aromatic carbocycles. The predicted octanol–water partition coefficient (Wildman–Crippen LogP) is 4.70. The van der Waals surface area contributed by atoms with E-state index in [1.54, 1.807) is 33.9 Å². The number of nitrogens with zero attached hydrogens (tertiary/aromatic N) is 1. The van der Waals surface area contributed by atoms with Gasteiger partial charge in [-0.1, -0.05) is 17.7 Å². The number of hydrogen-bond acceptors (Lipinski definition) is 3. The molecule has 0 aromatic heterocycles. The summed E-state index contributed by atoms with van der Waals surface area (Å²) in [6.45, 7) is 5.88. The van der Waals surface area contributed by atoms with E-state index in [-0.39, 0.29) is 22.8 Å². The van der Waals surface area contributed by atoms with Gasteiger partial charge in [0.05, 0.1) is 10.6 Å². The number of ether oxygens (including phenoxy) is 1. The molecule has 0 saturated heterocycles. The molecule has 0 aliphatic heterocycles. The Morgan fingerprint density at radius 2 is 1.91 bits per heavy atom. The first kappa shape index (κ1) is 19.4. The van der Waals surface area contributed by atoms with Crippen molar-refractivity contribution in [3.63, 3.8) is 0 Å². The third-order valence-electron chi connectivity index (χ3n) is 3.10. The van der Waals surface area contributed by atoms with Gasteiger partial charge in [-0.05, 0) is 45.7 Å². The van der Waals surface area contributed by atoms with Gasteiger partial charge < -0.3 is 9.64 Å². The molecule has 4 nitrogen and oxygen atoms in total. The lowest BCUT2D eigenvalue weighted by atomic mass is 10.0. The number of rotatable bonds is 6. The van der Waals surface area contributed by atoms with Crippen molar-refractivity contribution >= 4 is 23.5 Å². The number of amides is 1. The first-order valence-electron chi connectivity index (χ1n) is 7.53. The third-order valence-corrected chi connectivity index (χ3v) is 3.40. The van der Waals surface area contributed by atoms with E-state index < -0.39 is 17.5 Å². The van der Waals surface area contributed by atoms with Gasteiger partial charge in [-0.3, -0.25) is 4.79 Å². The largest absolute Gasteiger partial charge is 0.444 e. The summed E-state index contributed by atoms with van der Waals surface area (Å²) in [6, 6.07) is 4.38. The van der Waals surface area contributed by atoms with Gasteiger partial charge in [0.1, 0.15) is 5.60 Å². The smallest absolute Gasteiger partial charge is 0.410 e. The van der Waals surface area contributed by atoms with Crippen LogP contribution in [0.2, 0.25) is 5.02 Å². The van der Waals surface area contributed by atoms with Crippen LogP contribution in [0, 0.1) is 5.82 Å². The Balaban J connectivity index is 2.38. The van der Waals surface area contributed by atoms with Crippen LogP contribution < -0.4 is 0 Å². The van der Waals surface area contributed by atoms with Crippen molar-refractivity contribution in [3.8, 4) is 0 Å². The maximum atomic E-state index is 13.7. The van der Waals surface area contributed by atoms with Gasteiger partial charge in [-0.2, -0.15) is 0 Å². The SMILES string of the molecule is CN(CCCCC(=O)c1cccc(Cl)c1F)C(=O)OC(C)(C)C. The van der Waals surface area contributed by atoms with Crippen LogP contribution in [0.3, 0.4) is 0 Å². The van der Waals surface area contributed by atoms with Crippen molar-refractivity contribution in [1.29, 1.82) is 0 Å². The van der Waals surface area contributed by atoms with E-state index in [9.17, 15) is 14.0 Å². The van der Waals surface area contributed by atoms with Crippen molar-refractivity contribution in [3.05, 3.63) is 34.6 Å². The van der Waals surface area contributed by atoms with Crippen molar-refractivity contribution < 1.29 is 18.7 Å². The van der Waals surface area contributed by atoms with Crippen molar-refractivity contribution in [1.82, 2.24) is 4.90 Å². The number of halogens is 2. The molecule has 128 valence electrons. The monoisotopic (exact) mass is 343 g/mol. The fourth-order valence-electron chi connectivity index (χ4n) is 1.92. The Morgan fingerprint density at radius 3 is 2.52 bits per heavy atom. The molecule has 23 heavy (non-hydrogen) atoms. The van der Waals surface area contributed by atoms with E-state index in [4.69, 9.17) is 16.3 Å². The third kappa shape index (κ3) is 6.57. The Labute approximate surface area is 141 Å².